The van der Waals surface area contributed by atoms with Gasteiger partial charge in [-0.2, -0.15) is 0 Å². The first-order chi connectivity index (χ1) is 11.0. The number of thioether (sulfide) groups is 1. The molecule has 1 unspecified atom stereocenters. The fourth-order valence-electron chi connectivity index (χ4n) is 2.04. The molecular weight excluding hydrogens is 312 g/mol. The topological polar surface area (TPSA) is 63.6 Å². The van der Waals surface area contributed by atoms with Crippen LogP contribution in [0.5, 0.6) is 11.5 Å². The van der Waals surface area contributed by atoms with Crippen molar-refractivity contribution >= 4 is 22.8 Å². The lowest BCUT2D eigenvalue weighted by molar-refractivity contribution is -0.140. The quantitative estimate of drug-likeness (QED) is 0.831. The van der Waals surface area contributed by atoms with Gasteiger partial charge < -0.3 is 9.84 Å². The van der Waals surface area contributed by atoms with E-state index in [9.17, 15) is 14.7 Å². The molecule has 0 saturated carbocycles. The standard InChI is InChI=1S/C18H18O4S/c1-13(19)23-12-15(18(20)21)11-14-7-9-17(10-8-14)22-16-5-3-2-4-6-16/h2-10,15H,11-12H2,1H3,(H,20,21). The van der Waals surface area contributed by atoms with Crippen LogP contribution in [0.25, 0.3) is 0 Å². The molecule has 0 aliphatic heterocycles. The second-order valence-corrected chi connectivity index (χ2v) is 6.30. The zero-order valence-electron chi connectivity index (χ0n) is 12.8. The van der Waals surface area contributed by atoms with Gasteiger partial charge in [0.05, 0.1) is 5.92 Å². The molecule has 0 radical (unpaired) electrons. The number of para-hydroxylation sites is 1. The van der Waals surface area contributed by atoms with Gasteiger partial charge in [0.2, 0.25) is 0 Å². The molecule has 0 aliphatic carbocycles. The van der Waals surface area contributed by atoms with Crippen molar-refractivity contribution in [2.75, 3.05) is 5.75 Å². The van der Waals surface area contributed by atoms with Crippen molar-refractivity contribution < 1.29 is 19.4 Å². The van der Waals surface area contributed by atoms with Crippen molar-refractivity contribution in [1.29, 1.82) is 0 Å². The summed E-state index contributed by atoms with van der Waals surface area (Å²) in [5, 5.41) is 9.18. The maximum atomic E-state index is 11.3. The number of ether oxygens (including phenoxy) is 1. The summed E-state index contributed by atoms with van der Waals surface area (Å²) in [6.45, 7) is 1.44. The summed E-state index contributed by atoms with van der Waals surface area (Å²) in [6, 6.07) is 16.8. The zero-order chi connectivity index (χ0) is 16.7. The summed E-state index contributed by atoms with van der Waals surface area (Å²) in [7, 11) is 0. The highest BCUT2D eigenvalue weighted by Crippen LogP contribution is 2.23. The monoisotopic (exact) mass is 330 g/mol. The highest BCUT2D eigenvalue weighted by Gasteiger charge is 2.19. The van der Waals surface area contributed by atoms with Crippen LogP contribution in [0.4, 0.5) is 0 Å². The fraction of sp³-hybridized carbons (Fsp3) is 0.222. The third-order valence-corrected chi connectivity index (χ3v) is 4.20. The smallest absolute Gasteiger partial charge is 0.307 e. The average molecular weight is 330 g/mol. The first kappa shape index (κ1) is 17.1. The summed E-state index contributed by atoms with van der Waals surface area (Å²) in [5.74, 6) is 0.270. The predicted molar refractivity (Wildman–Crippen MR) is 90.9 cm³/mol. The van der Waals surface area contributed by atoms with Crippen LogP contribution in [0.1, 0.15) is 12.5 Å². The lowest BCUT2D eigenvalue weighted by Gasteiger charge is -2.12. The van der Waals surface area contributed by atoms with E-state index in [4.69, 9.17) is 4.74 Å². The maximum absolute atomic E-state index is 11.3. The summed E-state index contributed by atoms with van der Waals surface area (Å²) in [6.07, 6.45) is 0.390. The van der Waals surface area contributed by atoms with Gasteiger partial charge in [-0.3, -0.25) is 9.59 Å². The van der Waals surface area contributed by atoms with E-state index in [0.29, 0.717) is 12.2 Å². The van der Waals surface area contributed by atoms with E-state index in [-0.39, 0.29) is 10.9 Å². The Balaban J connectivity index is 1.97. The largest absolute Gasteiger partial charge is 0.481 e. The zero-order valence-corrected chi connectivity index (χ0v) is 13.6. The molecule has 0 spiro atoms. The first-order valence-electron chi connectivity index (χ1n) is 7.22. The minimum Gasteiger partial charge on any atom is -0.481 e. The van der Waals surface area contributed by atoms with Gasteiger partial charge in [0.15, 0.2) is 5.12 Å². The summed E-state index contributed by atoms with van der Waals surface area (Å²) in [5.41, 5.74) is 0.905. The van der Waals surface area contributed by atoms with Crippen molar-refractivity contribution in [3.05, 3.63) is 60.2 Å². The van der Waals surface area contributed by atoms with Crippen molar-refractivity contribution in [2.24, 2.45) is 5.92 Å². The molecule has 1 atom stereocenters. The molecule has 5 heteroatoms. The number of carbonyl (C=O) groups excluding carboxylic acids is 1. The molecule has 120 valence electrons. The van der Waals surface area contributed by atoms with E-state index in [2.05, 4.69) is 0 Å². The Kier molecular flexibility index (Phi) is 6.23. The summed E-state index contributed by atoms with van der Waals surface area (Å²) in [4.78, 5) is 22.3. The Morgan fingerprint density at radius 2 is 1.65 bits per heavy atom. The van der Waals surface area contributed by atoms with Crippen LogP contribution in [0.2, 0.25) is 0 Å². The third-order valence-electron chi connectivity index (χ3n) is 3.22. The number of rotatable bonds is 7. The first-order valence-corrected chi connectivity index (χ1v) is 8.21. The Morgan fingerprint density at radius 3 is 2.22 bits per heavy atom. The van der Waals surface area contributed by atoms with Gasteiger partial charge in [-0.1, -0.05) is 42.1 Å². The van der Waals surface area contributed by atoms with Gasteiger partial charge in [-0.05, 0) is 36.2 Å². The summed E-state index contributed by atoms with van der Waals surface area (Å²) < 4.78 is 5.70. The molecule has 2 aromatic carbocycles. The number of carbonyl (C=O) groups is 2. The number of hydrogen-bond donors (Lipinski definition) is 1. The molecule has 1 N–H and O–H groups in total. The van der Waals surface area contributed by atoms with Crippen LogP contribution in [0.15, 0.2) is 54.6 Å². The second-order valence-electron chi connectivity index (χ2n) is 5.10. The molecule has 23 heavy (non-hydrogen) atoms. The number of aliphatic carboxylic acids is 1. The van der Waals surface area contributed by atoms with Crippen LogP contribution < -0.4 is 4.74 Å². The van der Waals surface area contributed by atoms with Gasteiger partial charge in [0, 0.05) is 12.7 Å². The van der Waals surface area contributed by atoms with Gasteiger partial charge >= 0.3 is 5.97 Å². The number of hydrogen-bond acceptors (Lipinski definition) is 4. The molecule has 4 nitrogen and oxygen atoms in total. The molecule has 2 rings (SSSR count). The Hall–Kier alpha value is -2.27. The molecule has 0 bridgehead atoms. The minimum absolute atomic E-state index is 0.0668. The van der Waals surface area contributed by atoms with E-state index in [0.717, 1.165) is 23.1 Å². The SMILES string of the molecule is CC(=O)SCC(Cc1ccc(Oc2ccccc2)cc1)C(=O)O. The molecule has 0 amide bonds. The molecule has 2 aromatic rings. The molecule has 0 aromatic heterocycles. The van der Waals surface area contributed by atoms with E-state index < -0.39 is 11.9 Å². The van der Waals surface area contributed by atoms with Crippen molar-refractivity contribution in [3.63, 3.8) is 0 Å². The van der Waals surface area contributed by atoms with Crippen LogP contribution >= 0.6 is 11.8 Å². The van der Waals surface area contributed by atoms with Crippen molar-refractivity contribution in [1.82, 2.24) is 0 Å². The second kappa shape index (κ2) is 8.39. The predicted octanol–water partition coefficient (Wildman–Crippen LogP) is 4.00. The normalized spacial score (nSPS) is 11.7. The molecular formula is C18H18O4S. The van der Waals surface area contributed by atoms with Crippen molar-refractivity contribution in [2.45, 2.75) is 13.3 Å². The molecule has 0 aliphatic rings. The lowest BCUT2D eigenvalue weighted by atomic mass is 10.0. The van der Waals surface area contributed by atoms with Gasteiger partial charge in [-0.15, -0.1) is 0 Å². The molecule has 0 heterocycles. The van der Waals surface area contributed by atoms with E-state index in [1.54, 1.807) is 0 Å². The van der Waals surface area contributed by atoms with E-state index in [1.165, 1.54) is 6.92 Å². The molecule has 0 saturated heterocycles. The Labute approximate surface area is 139 Å². The number of benzene rings is 2. The Morgan fingerprint density at radius 1 is 1.04 bits per heavy atom. The highest BCUT2D eigenvalue weighted by atomic mass is 32.2. The van der Waals surface area contributed by atoms with E-state index in [1.807, 2.05) is 54.6 Å². The third kappa shape index (κ3) is 5.79. The fourth-order valence-corrected chi connectivity index (χ4v) is 2.73. The van der Waals surface area contributed by atoms with Gasteiger partial charge in [0.25, 0.3) is 0 Å². The maximum Gasteiger partial charge on any atom is 0.307 e. The highest BCUT2D eigenvalue weighted by molar-refractivity contribution is 8.13. The van der Waals surface area contributed by atoms with Gasteiger partial charge in [0.1, 0.15) is 11.5 Å². The molecule has 0 fully saturated rings. The number of carboxylic acids is 1. The van der Waals surface area contributed by atoms with Crippen LogP contribution in [-0.4, -0.2) is 21.9 Å². The van der Waals surface area contributed by atoms with Gasteiger partial charge in [-0.25, -0.2) is 0 Å². The minimum atomic E-state index is -0.886. The van der Waals surface area contributed by atoms with Crippen LogP contribution in [0, 0.1) is 5.92 Å². The lowest BCUT2D eigenvalue weighted by Crippen LogP contribution is -2.19. The number of carboxylic acid groups (broad SMARTS) is 1. The van der Waals surface area contributed by atoms with E-state index >= 15 is 0 Å². The van der Waals surface area contributed by atoms with Crippen molar-refractivity contribution in [3.8, 4) is 11.5 Å². The average Bonchev–Trinajstić information content (AvgIpc) is 2.53. The Bertz CT molecular complexity index is 652. The van der Waals surface area contributed by atoms with Crippen LogP contribution in [0.3, 0.4) is 0 Å². The summed E-state index contributed by atoms with van der Waals surface area (Å²) >= 11 is 1.05. The van der Waals surface area contributed by atoms with Crippen LogP contribution in [-0.2, 0) is 16.0 Å².